The van der Waals surface area contributed by atoms with Crippen LogP contribution in [0.1, 0.15) is 97.7 Å². The molecule has 1 aromatic heterocycles. The summed E-state index contributed by atoms with van der Waals surface area (Å²) < 4.78 is 78.0. The van der Waals surface area contributed by atoms with Gasteiger partial charge in [-0.2, -0.15) is 5.10 Å². The van der Waals surface area contributed by atoms with Crippen molar-refractivity contribution in [1.29, 1.82) is 0 Å². The number of fused-ring (bicyclic) bond motifs is 2. The molecule has 5 aliphatic rings. The van der Waals surface area contributed by atoms with Gasteiger partial charge in [0, 0.05) is 97.8 Å². The zero-order chi connectivity index (χ0) is 52.4. The van der Waals surface area contributed by atoms with Crippen LogP contribution >= 0.6 is 11.6 Å². The zero-order valence-electron chi connectivity index (χ0n) is 41.4. The number of aliphatic hydroxyl groups is 1. The highest BCUT2D eigenvalue weighted by atomic mass is 35.5. The van der Waals surface area contributed by atoms with Gasteiger partial charge >= 0.3 is 6.03 Å². The van der Waals surface area contributed by atoms with Gasteiger partial charge in [0.1, 0.15) is 29.5 Å². The number of amides is 5. The van der Waals surface area contributed by atoms with Crippen LogP contribution in [-0.4, -0.2) is 114 Å². The topological polar surface area (TPSA) is 185 Å². The lowest BCUT2D eigenvalue weighted by molar-refractivity contribution is -0.150. The Morgan fingerprint density at radius 3 is 2.35 bits per heavy atom. The van der Waals surface area contributed by atoms with Gasteiger partial charge in [0.15, 0.2) is 28.8 Å². The molecule has 74 heavy (non-hydrogen) atoms. The van der Waals surface area contributed by atoms with Crippen molar-refractivity contribution in [3.63, 3.8) is 0 Å². The maximum absolute atomic E-state index is 16.5. The van der Waals surface area contributed by atoms with Crippen LogP contribution in [0.15, 0.2) is 54.6 Å². The molecule has 5 heterocycles. The Morgan fingerprint density at radius 2 is 1.68 bits per heavy atom. The first-order valence-electron chi connectivity index (χ1n) is 25.3. The van der Waals surface area contributed by atoms with Gasteiger partial charge in [-0.25, -0.2) is 22.4 Å². The Hall–Kier alpha value is -6.28. The first kappa shape index (κ1) is 51.2. The van der Waals surface area contributed by atoms with E-state index in [0.717, 1.165) is 12.1 Å². The van der Waals surface area contributed by atoms with Crippen molar-refractivity contribution in [2.24, 2.45) is 24.1 Å². The Labute approximate surface area is 430 Å². The fourth-order valence-electron chi connectivity index (χ4n) is 12.2. The molecule has 5 aromatic rings. The van der Waals surface area contributed by atoms with Crippen LogP contribution in [0.25, 0.3) is 22.0 Å². The van der Waals surface area contributed by atoms with Gasteiger partial charge in [-0.1, -0.05) is 55.8 Å². The van der Waals surface area contributed by atoms with Gasteiger partial charge in [-0.3, -0.25) is 29.3 Å². The number of aryl methyl sites for hydroxylation is 1. The number of aliphatic hydroxyl groups excluding tert-OH is 1. The number of likely N-dealkylation sites (tertiary alicyclic amines) is 2. The summed E-state index contributed by atoms with van der Waals surface area (Å²) in [6.45, 7) is 6.94. The lowest BCUT2D eigenvalue weighted by Gasteiger charge is -2.48. The predicted molar refractivity (Wildman–Crippen MR) is 268 cm³/mol. The van der Waals surface area contributed by atoms with Gasteiger partial charge in [-0.05, 0) is 81.3 Å². The van der Waals surface area contributed by atoms with E-state index in [1.165, 1.54) is 33.8 Å². The van der Waals surface area contributed by atoms with Crippen molar-refractivity contribution in [1.82, 2.24) is 30.2 Å². The van der Waals surface area contributed by atoms with Gasteiger partial charge < -0.3 is 35.4 Å². The third-order valence-corrected chi connectivity index (χ3v) is 16.6. The van der Waals surface area contributed by atoms with E-state index in [1.807, 2.05) is 49.1 Å². The molecule has 392 valence electrons. The van der Waals surface area contributed by atoms with Gasteiger partial charge in [-0.15, -0.1) is 0 Å². The number of nitrogens with one attached hydrogen (secondary N) is 2. The number of urea groups is 1. The SMILES string of the molecule is C[C@H]1c2c(cc(F)c(Cl)c2-c2c(C(N)=O)ccc(OCCO)c2F)O[C@]1(CNC1CCC(C)(C(=O)N2CC(CN3CCC(c4c(F)cc5c(N6CCC(=O)NC6=O)nn(C)c5c4F)CC3)C2)CC1)c1ccccc1. The van der Waals surface area contributed by atoms with Crippen LogP contribution in [0.4, 0.5) is 28.2 Å². The maximum Gasteiger partial charge on any atom is 0.329 e. The van der Waals surface area contributed by atoms with Crippen LogP contribution in [0, 0.1) is 34.6 Å². The Morgan fingerprint density at radius 1 is 0.959 bits per heavy atom. The standard InChI is InChI=1S/C54H59ClF4N8O7/c1-29-41-39(24-37(57)45(55)44(41)43-34(49(60)70)9-10-38(46(43)58)73-22-21-68)74-54(29,32-7-5-4-6-8-32)28-61-33-11-16-53(2,17-12-33)51(71)66-26-30(27-66)25-65-18-13-31(14-19-65)42-36(56)23-35-48(47(42)59)64(3)63-50(35)67-20-15-40(69)62-52(67)72/h4-10,23-24,29-31,33,61,68H,11-22,25-28H2,1-3H3,(H2,60,70)(H,62,69,72)/t29-,33?,53?,54-/m0/s1. The Balaban J connectivity index is 0.759. The third kappa shape index (κ3) is 9.02. The second-order valence-corrected chi connectivity index (χ2v) is 21.2. The summed E-state index contributed by atoms with van der Waals surface area (Å²) in [5, 5.41) is 19.4. The summed E-state index contributed by atoms with van der Waals surface area (Å²) in [5.74, 6) is -5.22. The van der Waals surface area contributed by atoms with Crippen LogP contribution < -0.4 is 30.7 Å². The van der Waals surface area contributed by atoms with Gasteiger partial charge in [0.05, 0.1) is 22.6 Å². The zero-order valence-corrected chi connectivity index (χ0v) is 42.2. The van der Waals surface area contributed by atoms with E-state index in [1.54, 1.807) is 7.05 Å². The van der Waals surface area contributed by atoms with E-state index in [0.29, 0.717) is 70.3 Å². The molecule has 0 spiro atoms. The second kappa shape index (κ2) is 20.1. The minimum absolute atomic E-state index is 0.00315. The molecular weight excluding hydrogens is 984 g/mol. The number of hydrogen-bond donors (Lipinski definition) is 4. The number of nitrogens with zero attached hydrogens (tertiary/aromatic N) is 5. The number of benzene rings is 4. The molecule has 15 nitrogen and oxygen atoms in total. The lowest BCUT2D eigenvalue weighted by atomic mass is 9.72. The number of carbonyl (C=O) groups is 4. The summed E-state index contributed by atoms with van der Waals surface area (Å²) in [4.78, 5) is 56.7. The summed E-state index contributed by atoms with van der Waals surface area (Å²) in [7, 11) is 1.55. The highest BCUT2D eigenvalue weighted by molar-refractivity contribution is 6.34. The van der Waals surface area contributed by atoms with Crippen molar-refractivity contribution in [3.05, 3.63) is 105 Å². The first-order chi connectivity index (χ1) is 35.4. The number of imide groups is 1. The molecular formula is C54H59ClF4N8O7. The highest BCUT2D eigenvalue weighted by Gasteiger charge is 2.51. The molecule has 4 aromatic carbocycles. The van der Waals surface area contributed by atoms with Crippen molar-refractivity contribution in [2.75, 3.05) is 63.9 Å². The fourth-order valence-corrected chi connectivity index (χ4v) is 12.4. The molecule has 0 bridgehead atoms. The number of nitrogens with two attached hydrogens (primary N) is 1. The van der Waals surface area contributed by atoms with Crippen LogP contribution in [0.3, 0.4) is 0 Å². The number of ether oxygens (including phenoxy) is 2. The van der Waals surface area contributed by atoms with E-state index in [4.69, 9.17) is 26.8 Å². The van der Waals surface area contributed by atoms with Crippen molar-refractivity contribution in [2.45, 2.75) is 82.3 Å². The maximum atomic E-state index is 16.5. The predicted octanol–water partition coefficient (Wildman–Crippen LogP) is 7.63. The third-order valence-electron chi connectivity index (χ3n) is 16.2. The summed E-state index contributed by atoms with van der Waals surface area (Å²) in [5.41, 5.74) is 4.69. The van der Waals surface area contributed by atoms with Crippen LogP contribution in [-0.2, 0) is 22.2 Å². The molecule has 4 aliphatic heterocycles. The minimum Gasteiger partial charge on any atom is -0.488 e. The average molecular weight is 1040 g/mol. The molecule has 10 rings (SSSR count). The monoisotopic (exact) mass is 1040 g/mol. The number of primary amides is 1. The van der Waals surface area contributed by atoms with E-state index in [-0.39, 0.29) is 100 Å². The number of anilines is 1. The summed E-state index contributed by atoms with van der Waals surface area (Å²) in [6.07, 6.45) is 3.86. The number of piperidine rings is 1. The minimum atomic E-state index is -1.15. The molecule has 2 atom stereocenters. The molecule has 1 saturated carbocycles. The first-order valence-corrected chi connectivity index (χ1v) is 25.6. The second-order valence-electron chi connectivity index (χ2n) is 20.8. The van der Waals surface area contributed by atoms with Crippen LogP contribution in [0.5, 0.6) is 11.5 Å². The smallest absolute Gasteiger partial charge is 0.329 e. The molecule has 1 aliphatic carbocycles. The molecule has 5 amide bonds. The van der Waals surface area contributed by atoms with E-state index in [2.05, 4.69) is 20.6 Å². The lowest BCUT2D eigenvalue weighted by Crippen LogP contribution is -2.58. The Bertz CT molecular complexity index is 3050. The molecule has 20 heteroatoms. The molecule has 0 unspecified atom stereocenters. The van der Waals surface area contributed by atoms with Crippen molar-refractivity contribution < 1.29 is 51.3 Å². The fraction of sp³-hybridized carbons (Fsp3) is 0.463. The molecule has 5 N–H and O–H groups in total. The Kier molecular flexibility index (Phi) is 13.9. The quantitative estimate of drug-likeness (QED) is 0.0807. The number of halogens is 5. The number of hydrogen-bond acceptors (Lipinski definition) is 10. The van der Waals surface area contributed by atoms with E-state index >= 15 is 17.6 Å². The van der Waals surface area contributed by atoms with Gasteiger partial charge in [0.2, 0.25) is 17.7 Å². The largest absolute Gasteiger partial charge is 0.488 e. The summed E-state index contributed by atoms with van der Waals surface area (Å²) in [6, 6.07) is 13.7. The van der Waals surface area contributed by atoms with Crippen molar-refractivity contribution >= 4 is 52.1 Å². The molecule has 3 saturated heterocycles. The van der Waals surface area contributed by atoms with E-state index < -0.39 is 69.7 Å². The molecule has 0 radical (unpaired) electrons. The number of carbonyl (C=O) groups excluding carboxylic acids is 4. The molecule has 4 fully saturated rings. The van der Waals surface area contributed by atoms with E-state index in [9.17, 15) is 24.3 Å². The summed E-state index contributed by atoms with van der Waals surface area (Å²) >= 11 is 6.72. The highest BCUT2D eigenvalue weighted by Crippen LogP contribution is 2.57. The average Bonchev–Trinajstić information content (AvgIpc) is 3.86. The van der Waals surface area contributed by atoms with Crippen molar-refractivity contribution in [3.8, 4) is 22.6 Å². The number of rotatable bonds is 14. The normalized spacial score (nSPS) is 23.7. The van der Waals surface area contributed by atoms with Gasteiger partial charge in [0.25, 0.3) is 0 Å². The number of aromatic nitrogens is 2. The van der Waals surface area contributed by atoms with Crippen LogP contribution in [0.2, 0.25) is 5.02 Å².